The fourth-order valence-electron chi connectivity index (χ4n) is 2.22. The number of halogens is 1. The highest BCUT2D eigenvalue weighted by molar-refractivity contribution is 6.32. The van der Waals surface area contributed by atoms with Gasteiger partial charge in [-0.25, -0.2) is 0 Å². The van der Waals surface area contributed by atoms with Crippen LogP contribution in [0.25, 0.3) is 0 Å². The van der Waals surface area contributed by atoms with E-state index in [0.29, 0.717) is 22.9 Å². The zero-order chi connectivity index (χ0) is 13.0. The second-order valence-electron chi connectivity index (χ2n) is 4.62. The van der Waals surface area contributed by atoms with Crippen LogP contribution in [0.1, 0.15) is 36.0 Å². The number of benzene rings is 1. The molecule has 1 aromatic carbocycles. The van der Waals surface area contributed by atoms with Crippen molar-refractivity contribution < 1.29 is 9.53 Å². The molecule has 3 nitrogen and oxygen atoms in total. The standard InChI is InChI=1S/C14H18ClNO2/c1-16-9-13(17)10-6-7-14(12(15)8-10)18-11-4-2-3-5-11/h6-8,11,16H,2-5,9H2,1H3. The lowest BCUT2D eigenvalue weighted by Gasteiger charge is -2.14. The van der Waals surface area contributed by atoms with Crippen molar-refractivity contribution in [1.82, 2.24) is 5.32 Å². The second-order valence-corrected chi connectivity index (χ2v) is 5.03. The van der Waals surface area contributed by atoms with E-state index in [0.717, 1.165) is 12.8 Å². The molecule has 0 heterocycles. The van der Waals surface area contributed by atoms with Crippen molar-refractivity contribution in [3.05, 3.63) is 28.8 Å². The highest BCUT2D eigenvalue weighted by atomic mass is 35.5. The largest absolute Gasteiger partial charge is 0.489 e. The SMILES string of the molecule is CNCC(=O)c1ccc(OC2CCCC2)c(Cl)c1. The molecule has 1 aliphatic carbocycles. The smallest absolute Gasteiger partial charge is 0.176 e. The van der Waals surface area contributed by atoms with E-state index in [4.69, 9.17) is 16.3 Å². The van der Waals surface area contributed by atoms with Gasteiger partial charge >= 0.3 is 0 Å². The third-order valence-corrected chi connectivity index (χ3v) is 3.48. The first-order valence-electron chi connectivity index (χ1n) is 6.34. The van der Waals surface area contributed by atoms with Crippen molar-refractivity contribution in [3.8, 4) is 5.75 Å². The molecule has 0 aromatic heterocycles. The molecule has 0 amide bonds. The summed E-state index contributed by atoms with van der Waals surface area (Å²) >= 11 is 6.15. The highest BCUT2D eigenvalue weighted by Crippen LogP contribution is 2.30. The van der Waals surface area contributed by atoms with Gasteiger partial charge in [-0.1, -0.05) is 11.6 Å². The van der Waals surface area contributed by atoms with Crippen molar-refractivity contribution >= 4 is 17.4 Å². The normalized spacial score (nSPS) is 15.9. The number of rotatable bonds is 5. The molecule has 1 N–H and O–H groups in total. The number of nitrogens with one attached hydrogen (secondary N) is 1. The molecule has 0 radical (unpaired) electrons. The number of ketones is 1. The number of likely N-dealkylation sites (N-methyl/N-ethyl adjacent to an activating group) is 1. The Kier molecular flexibility index (Phi) is 4.61. The summed E-state index contributed by atoms with van der Waals surface area (Å²) in [6.07, 6.45) is 4.91. The first kappa shape index (κ1) is 13.4. The molecule has 1 aromatic rings. The average Bonchev–Trinajstić information content (AvgIpc) is 2.85. The van der Waals surface area contributed by atoms with E-state index in [-0.39, 0.29) is 11.9 Å². The molecule has 0 saturated heterocycles. The minimum Gasteiger partial charge on any atom is -0.489 e. The Bertz CT molecular complexity index is 428. The molecular weight excluding hydrogens is 250 g/mol. The average molecular weight is 268 g/mol. The fraction of sp³-hybridized carbons (Fsp3) is 0.500. The summed E-state index contributed by atoms with van der Waals surface area (Å²) in [7, 11) is 1.75. The predicted octanol–water partition coefficient (Wildman–Crippen LogP) is 3.06. The van der Waals surface area contributed by atoms with Gasteiger partial charge in [0.15, 0.2) is 5.78 Å². The molecule has 0 aliphatic heterocycles. The molecule has 98 valence electrons. The van der Waals surface area contributed by atoms with Crippen LogP contribution in [0, 0.1) is 0 Å². The molecule has 2 rings (SSSR count). The van der Waals surface area contributed by atoms with Crippen LogP contribution >= 0.6 is 11.6 Å². The van der Waals surface area contributed by atoms with Gasteiger partial charge in [0.05, 0.1) is 17.7 Å². The van der Waals surface area contributed by atoms with Gasteiger partial charge in [-0.3, -0.25) is 4.79 Å². The Morgan fingerprint density at radius 3 is 2.78 bits per heavy atom. The van der Waals surface area contributed by atoms with Crippen LogP contribution < -0.4 is 10.1 Å². The zero-order valence-corrected chi connectivity index (χ0v) is 11.3. The van der Waals surface area contributed by atoms with Crippen molar-refractivity contribution in [1.29, 1.82) is 0 Å². The monoisotopic (exact) mass is 267 g/mol. The van der Waals surface area contributed by atoms with E-state index in [2.05, 4.69) is 5.32 Å². The Labute approximate surface area is 112 Å². The van der Waals surface area contributed by atoms with Gasteiger partial charge in [-0.05, 0) is 50.9 Å². The Balaban J connectivity index is 2.06. The Hall–Kier alpha value is -1.06. The van der Waals surface area contributed by atoms with Crippen molar-refractivity contribution in [2.75, 3.05) is 13.6 Å². The molecule has 1 saturated carbocycles. The minimum atomic E-state index is 0.0341. The topological polar surface area (TPSA) is 38.3 Å². The van der Waals surface area contributed by atoms with Crippen molar-refractivity contribution in [2.24, 2.45) is 0 Å². The van der Waals surface area contributed by atoms with Crippen LogP contribution in [0.5, 0.6) is 5.75 Å². The van der Waals surface area contributed by atoms with E-state index in [9.17, 15) is 4.79 Å². The van der Waals surface area contributed by atoms with Crippen LogP contribution in [0.2, 0.25) is 5.02 Å². The van der Waals surface area contributed by atoms with Gasteiger partial charge in [0.2, 0.25) is 0 Å². The first-order valence-corrected chi connectivity index (χ1v) is 6.72. The Morgan fingerprint density at radius 1 is 1.44 bits per heavy atom. The van der Waals surface area contributed by atoms with E-state index in [1.807, 2.05) is 0 Å². The molecule has 0 spiro atoms. The maximum Gasteiger partial charge on any atom is 0.176 e. The fourth-order valence-corrected chi connectivity index (χ4v) is 2.44. The van der Waals surface area contributed by atoms with Crippen molar-refractivity contribution in [2.45, 2.75) is 31.8 Å². The molecule has 0 bridgehead atoms. The van der Waals surface area contributed by atoms with E-state index >= 15 is 0 Å². The molecular formula is C14H18ClNO2. The van der Waals surface area contributed by atoms with Crippen LogP contribution in [0.4, 0.5) is 0 Å². The van der Waals surface area contributed by atoms with E-state index in [1.165, 1.54) is 12.8 Å². The number of hydrogen-bond acceptors (Lipinski definition) is 3. The minimum absolute atomic E-state index is 0.0341. The maximum absolute atomic E-state index is 11.7. The van der Waals surface area contributed by atoms with Crippen LogP contribution in [0.3, 0.4) is 0 Å². The van der Waals surface area contributed by atoms with Crippen molar-refractivity contribution in [3.63, 3.8) is 0 Å². The Morgan fingerprint density at radius 2 is 2.17 bits per heavy atom. The molecule has 0 atom stereocenters. The van der Waals surface area contributed by atoms with Crippen LogP contribution in [0.15, 0.2) is 18.2 Å². The lowest BCUT2D eigenvalue weighted by Crippen LogP contribution is -2.18. The van der Waals surface area contributed by atoms with Gasteiger partial charge in [0, 0.05) is 5.56 Å². The van der Waals surface area contributed by atoms with Gasteiger partial charge in [0.25, 0.3) is 0 Å². The van der Waals surface area contributed by atoms with Crippen LogP contribution in [-0.4, -0.2) is 25.5 Å². The summed E-state index contributed by atoms with van der Waals surface area (Å²) in [6.45, 7) is 0.319. The third kappa shape index (κ3) is 3.24. The number of ether oxygens (including phenoxy) is 1. The summed E-state index contributed by atoms with van der Waals surface area (Å²) in [6, 6.07) is 5.25. The molecule has 18 heavy (non-hydrogen) atoms. The molecule has 1 fully saturated rings. The number of carbonyl (C=O) groups excluding carboxylic acids is 1. The number of hydrogen-bond donors (Lipinski definition) is 1. The van der Waals surface area contributed by atoms with E-state index in [1.54, 1.807) is 25.2 Å². The summed E-state index contributed by atoms with van der Waals surface area (Å²) in [5.74, 6) is 0.719. The number of Topliss-reactive ketones (excluding diaryl/α,β-unsaturated/α-hetero) is 1. The number of carbonyl (C=O) groups is 1. The summed E-state index contributed by atoms with van der Waals surface area (Å²) < 4.78 is 5.84. The maximum atomic E-state index is 11.7. The van der Waals surface area contributed by atoms with Gasteiger partial charge in [-0.15, -0.1) is 0 Å². The van der Waals surface area contributed by atoms with Gasteiger partial charge in [-0.2, -0.15) is 0 Å². The second kappa shape index (κ2) is 6.21. The lowest BCUT2D eigenvalue weighted by molar-refractivity contribution is 0.0993. The third-order valence-electron chi connectivity index (χ3n) is 3.19. The predicted molar refractivity (Wildman–Crippen MR) is 72.6 cm³/mol. The highest BCUT2D eigenvalue weighted by Gasteiger charge is 2.18. The van der Waals surface area contributed by atoms with E-state index < -0.39 is 0 Å². The molecule has 4 heteroatoms. The molecule has 1 aliphatic rings. The lowest BCUT2D eigenvalue weighted by atomic mass is 10.1. The molecule has 0 unspecified atom stereocenters. The summed E-state index contributed by atoms with van der Waals surface area (Å²) in [4.78, 5) is 11.7. The first-order chi connectivity index (χ1) is 8.70. The zero-order valence-electron chi connectivity index (χ0n) is 10.5. The quantitative estimate of drug-likeness (QED) is 0.834. The van der Waals surface area contributed by atoms with Crippen LogP contribution in [-0.2, 0) is 0 Å². The van der Waals surface area contributed by atoms with Gasteiger partial charge in [0.1, 0.15) is 5.75 Å². The summed E-state index contributed by atoms with van der Waals surface area (Å²) in [5.41, 5.74) is 0.619. The van der Waals surface area contributed by atoms with Gasteiger partial charge < -0.3 is 10.1 Å². The summed E-state index contributed by atoms with van der Waals surface area (Å²) in [5, 5.41) is 3.35.